The molecule has 0 aliphatic heterocycles. The minimum atomic E-state index is -0.648. The number of hydrogen-bond acceptors (Lipinski definition) is 2. The van der Waals surface area contributed by atoms with Crippen LogP contribution in [-0.4, -0.2) is 16.5 Å². The van der Waals surface area contributed by atoms with E-state index in [2.05, 4.69) is 9.97 Å². The molecule has 0 fully saturated rings. The largest absolute Gasteiger partial charge is 0.341 e. The molecule has 0 amide bonds. The van der Waals surface area contributed by atoms with Gasteiger partial charge in [0.05, 0.1) is 5.52 Å². The Morgan fingerprint density at radius 2 is 1.94 bits per heavy atom. The summed E-state index contributed by atoms with van der Waals surface area (Å²) in [5.74, 6) is -0.623. The molecule has 0 saturated heterocycles. The Morgan fingerprint density at radius 1 is 1.28 bits per heavy atom. The number of H-pyrrole nitrogens is 1. The number of fused-ring (bicyclic) bond motifs is 1. The SMILES string of the molecule is CCC(CC)(CN)c1nc2c(F)cc(F)cc2[nH]1. The molecular weight excluding hydrogens is 236 g/mol. The van der Waals surface area contributed by atoms with Crippen molar-refractivity contribution in [2.75, 3.05) is 6.54 Å². The Morgan fingerprint density at radius 3 is 2.50 bits per heavy atom. The van der Waals surface area contributed by atoms with E-state index >= 15 is 0 Å². The summed E-state index contributed by atoms with van der Waals surface area (Å²) in [6, 6.07) is 2.09. The molecule has 0 aliphatic rings. The summed E-state index contributed by atoms with van der Waals surface area (Å²) in [5.41, 5.74) is 6.07. The maximum Gasteiger partial charge on any atom is 0.153 e. The highest BCUT2D eigenvalue weighted by molar-refractivity contribution is 5.76. The summed E-state index contributed by atoms with van der Waals surface area (Å²) in [4.78, 5) is 7.26. The molecule has 3 nitrogen and oxygen atoms in total. The van der Waals surface area contributed by atoms with Crippen LogP contribution in [0.25, 0.3) is 11.0 Å². The Labute approximate surface area is 104 Å². The number of halogens is 2. The van der Waals surface area contributed by atoms with E-state index in [1.165, 1.54) is 6.07 Å². The molecule has 0 radical (unpaired) electrons. The van der Waals surface area contributed by atoms with Gasteiger partial charge in [0.2, 0.25) is 0 Å². The monoisotopic (exact) mass is 253 g/mol. The standard InChI is InChI=1S/C13H17F2N3/c1-3-13(4-2,7-16)12-17-10-6-8(14)5-9(15)11(10)18-12/h5-6H,3-4,7,16H2,1-2H3,(H,17,18). The highest BCUT2D eigenvalue weighted by Crippen LogP contribution is 2.30. The predicted octanol–water partition coefficient (Wildman–Crippen LogP) is 2.86. The zero-order valence-corrected chi connectivity index (χ0v) is 10.6. The van der Waals surface area contributed by atoms with Crippen LogP contribution in [0.15, 0.2) is 12.1 Å². The van der Waals surface area contributed by atoms with Gasteiger partial charge in [-0.2, -0.15) is 0 Å². The molecule has 98 valence electrons. The zero-order chi connectivity index (χ0) is 13.3. The van der Waals surface area contributed by atoms with Crippen molar-refractivity contribution in [2.24, 2.45) is 5.73 Å². The molecule has 0 atom stereocenters. The highest BCUT2D eigenvalue weighted by atomic mass is 19.1. The fourth-order valence-electron chi connectivity index (χ4n) is 2.26. The number of nitrogens with one attached hydrogen (secondary N) is 1. The third-order valence-corrected chi connectivity index (χ3v) is 3.75. The predicted molar refractivity (Wildman–Crippen MR) is 67.3 cm³/mol. The molecule has 5 heteroatoms. The van der Waals surface area contributed by atoms with Crippen LogP contribution in [-0.2, 0) is 5.41 Å². The summed E-state index contributed by atoms with van der Waals surface area (Å²) in [7, 11) is 0. The van der Waals surface area contributed by atoms with Gasteiger partial charge in [-0.3, -0.25) is 0 Å². The first kappa shape index (κ1) is 13.0. The molecule has 1 aromatic heterocycles. The average Bonchev–Trinajstić information content (AvgIpc) is 2.77. The Bertz CT molecular complexity index is 550. The van der Waals surface area contributed by atoms with Gasteiger partial charge in [0.15, 0.2) is 5.82 Å². The third-order valence-electron chi connectivity index (χ3n) is 3.75. The molecule has 1 heterocycles. The smallest absolute Gasteiger partial charge is 0.153 e. The molecule has 0 saturated carbocycles. The van der Waals surface area contributed by atoms with Gasteiger partial charge in [-0.05, 0) is 18.9 Å². The highest BCUT2D eigenvalue weighted by Gasteiger charge is 2.30. The number of hydrogen-bond donors (Lipinski definition) is 2. The van der Waals surface area contributed by atoms with Crippen LogP contribution in [0.3, 0.4) is 0 Å². The summed E-state index contributed by atoms with van der Waals surface area (Å²) in [6.07, 6.45) is 1.59. The van der Waals surface area contributed by atoms with Crippen molar-refractivity contribution < 1.29 is 8.78 Å². The molecule has 0 aliphatic carbocycles. The molecule has 0 unspecified atom stereocenters. The second-order valence-electron chi connectivity index (χ2n) is 4.56. The van der Waals surface area contributed by atoms with Gasteiger partial charge < -0.3 is 10.7 Å². The molecule has 0 bridgehead atoms. The maximum atomic E-state index is 13.6. The Hall–Kier alpha value is -1.49. The topological polar surface area (TPSA) is 54.7 Å². The molecular formula is C13H17F2N3. The minimum absolute atomic E-state index is 0.172. The van der Waals surface area contributed by atoms with E-state index in [9.17, 15) is 8.78 Å². The van der Waals surface area contributed by atoms with Crippen LogP contribution >= 0.6 is 0 Å². The lowest BCUT2D eigenvalue weighted by atomic mass is 9.82. The normalized spacial score (nSPS) is 12.3. The van der Waals surface area contributed by atoms with Crippen LogP contribution in [0, 0.1) is 11.6 Å². The first-order valence-corrected chi connectivity index (χ1v) is 6.11. The van der Waals surface area contributed by atoms with Gasteiger partial charge in [-0.25, -0.2) is 13.8 Å². The maximum absolute atomic E-state index is 13.6. The number of aromatic amines is 1. The fraction of sp³-hybridized carbons (Fsp3) is 0.462. The third kappa shape index (κ3) is 1.88. The van der Waals surface area contributed by atoms with Crippen molar-refractivity contribution in [3.63, 3.8) is 0 Å². The average molecular weight is 253 g/mol. The van der Waals surface area contributed by atoms with E-state index in [-0.39, 0.29) is 10.9 Å². The van der Waals surface area contributed by atoms with E-state index < -0.39 is 11.6 Å². The summed E-state index contributed by atoms with van der Waals surface area (Å²) >= 11 is 0. The first-order valence-electron chi connectivity index (χ1n) is 6.11. The van der Waals surface area contributed by atoms with E-state index in [1.807, 2.05) is 13.8 Å². The first-order chi connectivity index (χ1) is 8.56. The number of benzene rings is 1. The van der Waals surface area contributed by atoms with Gasteiger partial charge in [-0.1, -0.05) is 13.8 Å². The molecule has 2 rings (SSSR count). The van der Waals surface area contributed by atoms with E-state index in [4.69, 9.17) is 5.73 Å². The minimum Gasteiger partial charge on any atom is -0.341 e. The second-order valence-corrected chi connectivity index (χ2v) is 4.56. The lowest BCUT2D eigenvalue weighted by Crippen LogP contribution is -2.35. The number of nitrogens with zero attached hydrogens (tertiary/aromatic N) is 1. The van der Waals surface area contributed by atoms with Crippen LogP contribution in [0.1, 0.15) is 32.5 Å². The summed E-state index contributed by atoms with van der Waals surface area (Å²) in [6.45, 7) is 4.45. The van der Waals surface area contributed by atoms with Crippen LogP contribution < -0.4 is 5.73 Å². The molecule has 2 aromatic rings. The van der Waals surface area contributed by atoms with Crippen molar-refractivity contribution in [1.82, 2.24) is 9.97 Å². The fourth-order valence-corrected chi connectivity index (χ4v) is 2.26. The zero-order valence-electron chi connectivity index (χ0n) is 10.6. The van der Waals surface area contributed by atoms with Crippen LogP contribution in [0.5, 0.6) is 0 Å². The van der Waals surface area contributed by atoms with E-state index in [1.54, 1.807) is 0 Å². The number of nitrogens with two attached hydrogens (primary N) is 1. The van der Waals surface area contributed by atoms with Crippen molar-refractivity contribution >= 4 is 11.0 Å². The van der Waals surface area contributed by atoms with Gasteiger partial charge in [0, 0.05) is 18.0 Å². The van der Waals surface area contributed by atoms with E-state index in [0.717, 1.165) is 18.9 Å². The van der Waals surface area contributed by atoms with Crippen molar-refractivity contribution in [1.29, 1.82) is 0 Å². The summed E-state index contributed by atoms with van der Waals surface area (Å²) in [5, 5.41) is 0. The van der Waals surface area contributed by atoms with Crippen LogP contribution in [0.2, 0.25) is 0 Å². The Kier molecular flexibility index (Phi) is 3.34. The molecule has 18 heavy (non-hydrogen) atoms. The lowest BCUT2D eigenvalue weighted by Gasteiger charge is -2.27. The molecule has 0 spiro atoms. The number of imidazole rings is 1. The lowest BCUT2D eigenvalue weighted by molar-refractivity contribution is 0.386. The van der Waals surface area contributed by atoms with Crippen molar-refractivity contribution in [3.05, 3.63) is 29.6 Å². The summed E-state index contributed by atoms with van der Waals surface area (Å²) < 4.78 is 26.7. The van der Waals surface area contributed by atoms with Crippen molar-refractivity contribution in [3.8, 4) is 0 Å². The van der Waals surface area contributed by atoms with Gasteiger partial charge in [0.25, 0.3) is 0 Å². The molecule has 3 N–H and O–H groups in total. The quantitative estimate of drug-likeness (QED) is 0.880. The van der Waals surface area contributed by atoms with Crippen LogP contribution in [0.4, 0.5) is 8.78 Å². The van der Waals surface area contributed by atoms with Gasteiger partial charge >= 0.3 is 0 Å². The number of rotatable bonds is 4. The Balaban J connectivity index is 2.63. The number of aromatic nitrogens is 2. The molecule has 1 aromatic carbocycles. The van der Waals surface area contributed by atoms with Gasteiger partial charge in [0.1, 0.15) is 17.2 Å². The van der Waals surface area contributed by atoms with Gasteiger partial charge in [-0.15, -0.1) is 0 Å². The van der Waals surface area contributed by atoms with Crippen molar-refractivity contribution in [2.45, 2.75) is 32.1 Å². The second kappa shape index (κ2) is 4.65. The van der Waals surface area contributed by atoms with E-state index in [0.29, 0.717) is 17.9 Å².